The first-order valence-corrected chi connectivity index (χ1v) is 25.8. The van der Waals surface area contributed by atoms with Gasteiger partial charge in [0.25, 0.3) is 0 Å². The van der Waals surface area contributed by atoms with E-state index < -0.39 is 14.4 Å². The highest BCUT2D eigenvalue weighted by atomic mass is 28.4. The zero-order chi connectivity index (χ0) is 47.5. The fraction of sp³-hybridized carbons (Fsp3) is 0.268. The van der Waals surface area contributed by atoms with Crippen molar-refractivity contribution in [3.05, 3.63) is 167 Å². The minimum Gasteiger partial charge on any atom is -0.548 e. The number of pyridine rings is 2. The SMILES string of the molecule is C=C(C)/C=C(/C)O[Si](C)(C)C.CC(=O)CC(=O)C[C@H](O)/C=C/c1c(C2CC2)nc2ccccc2c1-c1ccc(F)cc1.O=C/C=C/c1c(C2CC2)nc2ccccc2c1-c1ccc(F)cc1. The molecule has 0 aliphatic heterocycles. The number of ketones is 2. The number of Topliss-reactive ketones (excluding diaryl/α,β-unsaturated/α-hetero) is 2. The van der Waals surface area contributed by atoms with E-state index >= 15 is 0 Å². The Bertz CT molecular complexity index is 2820. The number of hydrogen-bond donors (Lipinski definition) is 1. The fourth-order valence-electron chi connectivity index (χ4n) is 7.87. The zero-order valence-electron chi connectivity index (χ0n) is 38.6. The van der Waals surface area contributed by atoms with Gasteiger partial charge in [0, 0.05) is 51.3 Å². The number of benzene rings is 4. The molecule has 66 heavy (non-hydrogen) atoms. The molecule has 0 unspecified atom stereocenters. The Labute approximate surface area is 387 Å². The molecule has 1 N–H and O–H groups in total. The van der Waals surface area contributed by atoms with E-state index in [0.29, 0.717) is 11.8 Å². The Hall–Kier alpha value is -6.49. The smallest absolute Gasteiger partial charge is 0.241 e. The maximum atomic E-state index is 13.6. The fourth-order valence-corrected chi connectivity index (χ4v) is 8.90. The highest BCUT2D eigenvalue weighted by Gasteiger charge is 2.31. The van der Waals surface area contributed by atoms with Gasteiger partial charge in [0.15, 0.2) is 0 Å². The average Bonchev–Trinajstić information content (AvgIpc) is 4.19. The maximum absolute atomic E-state index is 13.6. The van der Waals surface area contributed by atoms with E-state index in [1.165, 1.54) is 37.3 Å². The van der Waals surface area contributed by atoms with E-state index in [9.17, 15) is 28.3 Å². The summed E-state index contributed by atoms with van der Waals surface area (Å²) >= 11 is 0. The molecule has 10 heteroatoms. The number of aliphatic hydroxyl groups excluding tert-OH is 1. The molecular weight excluding hydrogens is 847 g/mol. The van der Waals surface area contributed by atoms with Crippen molar-refractivity contribution in [2.75, 3.05) is 0 Å². The molecule has 0 spiro atoms. The molecule has 8 rings (SSSR count). The number of fused-ring (bicyclic) bond motifs is 2. The lowest BCUT2D eigenvalue weighted by Crippen LogP contribution is -2.24. The molecule has 2 aromatic heterocycles. The monoisotopic (exact) mass is 904 g/mol. The van der Waals surface area contributed by atoms with Crippen LogP contribution in [0.2, 0.25) is 19.6 Å². The quantitative estimate of drug-likeness (QED) is 0.0273. The van der Waals surface area contributed by atoms with Gasteiger partial charge in [-0.25, -0.2) is 8.78 Å². The molecule has 0 saturated heterocycles. The molecule has 340 valence electrons. The van der Waals surface area contributed by atoms with Crippen molar-refractivity contribution in [1.29, 1.82) is 0 Å². The number of carbonyl (C=O) groups excluding carboxylic acids is 3. The summed E-state index contributed by atoms with van der Waals surface area (Å²) in [7, 11) is -1.40. The van der Waals surface area contributed by atoms with E-state index in [1.807, 2.05) is 80.6 Å². The molecule has 2 aliphatic carbocycles. The van der Waals surface area contributed by atoms with Crippen molar-refractivity contribution in [1.82, 2.24) is 9.97 Å². The molecule has 2 fully saturated rings. The number of aliphatic hydroxyl groups is 1. The molecule has 0 bridgehead atoms. The van der Waals surface area contributed by atoms with Gasteiger partial charge >= 0.3 is 0 Å². The van der Waals surface area contributed by atoms with Gasteiger partial charge in [-0.3, -0.25) is 24.4 Å². The van der Waals surface area contributed by atoms with Crippen LogP contribution in [0.1, 0.15) is 93.6 Å². The van der Waals surface area contributed by atoms with Gasteiger partial charge < -0.3 is 9.53 Å². The minimum atomic E-state index is -1.40. The van der Waals surface area contributed by atoms with E-state index in [0.717, 1.165) is 110 Å². The summed E-state index contributed by atoms with van der Waals surface area (Å²) in [6, 6.07) is 28.7. The Balaban J connectivity index is 0.000000182. The Kier molecular flexibility index (Phi) is 16.4. The number of rotatable bonds is 15. The lowest BCUT2D eigenvalue weighted by atomic mass is 9.92. The van der Waals surface area contributed by atoms with Crippen molar-refractivity contribution in [3.63, 3.8) is 0 Å². The summed E-state index contributed by atoms with van der Waals surface area (Å²) < 4.78 is 32.6. The number of hydrogen-bond acceptors (Lipinski definition) is 7. The van der Waals surface area contributed by atoms with Crippen LogP contribution in [0.4, 0.5) is 8.78 Å². The van der Waals surface area contributed by atoms with Gasteiger partial charge in [-0.15, -0.1) is 0 Å². The molecule has 6 aromatic rings. The normalized spacial score (nSPS) is 14.3. The van der Waals surface area contributed by atoms with Gasteiger partial charge in [-0.1, -0.05) is 85.0 Å². The molecule has 2 aliphatic rings. The Morgan fingerprint density at radius 1 is 0.742 bits per heavy atom. The standard InChI is InChI=1S/C26H24FNO3.C21H16FNO.C9H18OSi/c1-16(29)14-21(31)15-20(30)12-13-23-25(17-8-10-19(27)11-9-17)22-4-2-3-5-24(22)28-26(23)18-6-7-18;22-16-11-9-14(10-12-16)20-17-4-1-2-6-19(17)23-21(15-7-8-15)18(20)5-3-13-24;1-8(2)7-9(3)10-11(4,5)6/h2-5,8-13,18,20,30H,6-7,14-15H2,1H3;1-6,9-13,15H,7-8H2;7H,1H2,2-6H3/b13-12+;5-3+;9-7-/t20-;;/m1../s1. The highest BCUT2D eigenvalue weighted by Crippen LogP contribution is 2.46. The molecule has 2 saturated carbocycles. The molecular formula is C56H58F2N2O5Si. The summed E-state index contributed by atoms with van der Waals surface area (Å²) in [5.41, 5.74) is 10.4. The van der Waals surface area contributed by atoms with Crippen molar-refractivity contribution >= 4 is 60.1 Å². The second-order valence-electron chi connectivity index (χ2n) is 18.0. The second-order valence-corrected chi connectivity index (χ2v) is 22.5. The Morgan fingerprint density at radius 2 is 1.20 bits per heavy atom. The van der Waals surface area contributed by atoms with Gasteiger partial charge in [0.2, 0.25) is 8.32 Å². The van der Waals surface area contributed by atoms with Gasteiger partial charge in [-0.05, 0) is 132 Å². The van der Waals surface area contributed by atoms with Crippen LogP contribution in [0.15, 0.2) is 133 Å². The largest absolute Gasteiger partial charge is 0.548 e. The molecule has 1 atom stereocenters. The van der Waals surface area contributed by atoms with Gasteiger partial charge in [-0.2, -0.15) is 0 Å². The third-order valence-corrected chi connectivity index (χ3v) is 11.7. The summed E-state index contributed by atoms with van der Waals surface area (Å²) in [6.45, 7) is 15.6. The zero-order valence-corrected chi connectivity index (χ0v) is 39.6. The van der Waals surface area contributed by atoms with Crippen molar-refractivity contribution in [3.8, 4) is 22.3 Å². The van der Waals surface area contributed by atoms with Crippen LogP contribution in [0.5, 0.6) is 0 Å². The van der Waals surface area contributed by atoms with Crippen LogP contribution in [0, 0.1) is 11.6 Å². The molecule has 4 aromatic carbocycles. The molecule has 0 amide bonds. The summed E-state index contributed by atoms with van der Waals surface area (Å²) in [5.74, 6) is 0.708. The van der Waals surface area contributed by atoms with Crippen molar-refractivity contribution in [2.45, 2.75) is 96.9 Å². The third kappa shape index (κ3) is 13.8. The minimum absolute atomic E-state index is 0.109. The highest BCUT2D eigenvalue weighted by molar-refractivity contribution is 6.70. The summed E-state index contributed by atoms with van der Waals surface area (Å²) in [4.78, 5) is 43.7. The number of halogens is 2. The first-order chi connectivity index (χ1) is 31.5. The predicted molar refractivity (Wildman–Crippen MR) is 266 cm³/mol. The maximum Gasteiger partial charge on any atom is 0.241 e. The molecule has 2 heterocycles. The van der Waals surface area contributed by atoms with Crippen LogP contribution in [-0.4, -0.2) is 47.3 Å². The average molecular weight is 905 g/mol. The van der Waals surface area contributed by atoms with Crippen LogP contribution in [0.3, 0.4) is 0 Å². The number of nitrogens with zero attached hydrogens (tertiary/aromatic N) is 2. The van der Waals surface area contributed by atoms with Crippen LogP contribution in [-0.2, 0) is 18.8 Å². The van der Waals surface area contributed by atoms with Crippen LogP contribution >= 0.6 is 0 Å². The number of allylic oxidation sites excluding steroid dienone is 4. The van der Waals surface area contributed by atoms with Gasteiger partial charge in [0.05, 0.1) is 40.7 Å². The predicted octanol–water partition coefficient (Wildman–Crippen LogP) is 13.7. The summed E-state index contributed by atoms with van der Waals surface area (Å²) in [6.07, 6.45) is 12.6. The van der Waals surface area contributed by atoms with E-state index in [-0.39, 0.29) is 36.0 Å². The van der Waals surface area contributed by atoms with E-state index in [2.05, 4.69) is 26.2 Å². The lowest BCUT2D eigenvalue weighted by Gasteiger charge is -2.19. The number of aldehydes is 1. The number of carbonyl (C=O) groups is 3. The van der Waals surface area contributed by atoms with Crippen LogP contribution < -0.4 is 0 Å². The van der Waals surface area contributed by atoms with Crippen molar-refractivity contribution < 1.29 is 32.7 Å². The van der Waals surface area contributed by atoms with Crippen molar-refractivity contribution in [2.24, 2.45) is 0 Å². The summed E-state index contributed by atoms with van der Waals surface area (Å²) in [5, 5.41) is 12.3. The third-order valence-electron chi connectivity index (χ3n) is 10.7. The van der Waals surface area contributed by atoms with E-state index in [4.69, 9.17) is 14.4 Å². The molecule has 7 nitrogen and oxygen atoms in total. The number of para-hydroxylation sites is 2. The van der Waals surface area contributed by atoms with Gasteiger partial charge in [0.1, 0.15) is 29.5 Å². The number of aromatic nitrogens is 2. The topological polar surface area (TPSA) is 106 Å². The van der Waals surface area contributed by atoms with Crippen LogP contribution in [0.25, 0.3) is 56.2 Å². The van der Waals surface area contributed by atoms with E-state index in [1.54, 1.807) is 30.3 Å². The lowest BCUT2D eigenvalue weighted by molar-refractivity contribution is -0.126. The first kappa shape index (κ1) is 49.0. The first-order valence-electron chi connectivity index (χ1n) is 22.4. The molecule has 0 radical (unpaired) electrons. The Morgan fingerprint density at radius 3 is 1.61 bits per heavy atom. The second kappa shape index (κ2) is 22.1.